The minimum absolute atomic E-state index is 0.0135. The molecule has 0 atom stereocenters. The molecule has 2 rings (SSSR count). The topological polar surface area (TPSA) is 94.8 Å². The third-order valence-electron chi connectivity index (χ3n) is 3.52. The van der Waals surface area contributed by atoms with Crippen molar-refractivity contribution in [2.24, 2.45) is 0 Å². The molecular weight excluding hydrogens is 357 g/mol. The van der Waals surface area contributed by atoms with Crippen LogP contribution in [0, 0.1) is 5.82 Å². The summed E-state index contributed by atoms with van der Waals surface area (Å²) in [5.41, 5.74) is -2.19. The molecule has 1 aromatic heterocycles. The Morgan fingerprint density at radius 2 is 1.93 bits per heavy atom. The number of pyridine rings is 1. The molecule has 0 bridgehead atoms. The number of hydrogen-bond acceptors (Lipinski definition) is 5. The summed E-state index contributed by atoms with van der Waals surface area (Å²) in [5.74, 6) is -2.71. The first-order valence-electron chi connectivity index (χ1n) is 8.06. The summed E-state index contributed by atoms with van der Waals surface area (Å²) in [6.45, 7) is 4.48. The van der Waals surface area contributed by atoms with Gasteiger partial charge in [-0.05, 0) is 39.0 Å². The Labute approximate surface area is 155 Å². The number of esters is 1. The molecule has 8 heteroatoms. The predicted molar refractivity (Wildman–Crippen MR) is 95.5 cm³/mol. The van der Waals surface area contributed by atoms with Crippen molar-refractivity contribution in [1.29, 1.82) is 0 Å². The summed E-state index contributed by atoms with van der Waals surface area (Å²) in [4.78, 5) is 35.9. The third kappa shape index (κ3) is 4.72. The van der Waals surface area contributed by atoms with E-state index in [0.717, 1.165) is 10.6 Å². The number of ether oxygens (including phenoxy) is 2. The number of carbonyl (C=O) groups is 2. The molecule has 0 aliphatic rings. The molecule has 2 aromatic rings. The maximum atomic E-state index is 14.4. The molecule has 0 radical (unpaired) electrons. The lowest BCUT2D eigenvalue weighted by molar-refractivity contribution is -0.155. The average Bonchev–Trinajstić information content (AvgIpc) is 2.54. The number of halogens is 1. The van der Waals surface area contributed by atoms with Crippen LogP contribution < -0.4 is 10.3 Å². The van der Waals surface area contributed by atoms with E-state index in [9.17, 15) is 23.9 Å². The van der Waals surface area contributed by atoms with Crippen molar-refractivity contribution in [3.63, 3.8) is 0 Å². The predicted octanol–water partition coefficient (Wildman–Crippen LogP) is 2.70. The van der Waals surface area contributed by atoms with Gasteiger partial charge in [-0.2, -0.15) is 0 Å². The Balaban J connectivity index is 2.62. The van der Waals surface area contributed by atoms with E-state index >= 15 is 0 Å². The number of aromatic nitrogens is 1. The molecule has 7 nitrogen and oxygen atoms in total. The van der Waals surface area contributed by atoms with Gasteiger partial charge in [0.05, 0.1) is 12.7 Å². The van der Waals surface area contributed by atoms with Crippen molar-refractivity contribution in [3.8, 4) is 16.9 Å². The van der Waals surface area contributed by atoms with Gasteiger partial charge in [-0.3, -0.25) is 9.59 Å². The van der Waals surface area contributed by atoms with E-state index in [1.165, 1.54) is 31.5 Å². The minimum Gasteiger partial charge on any atom is -0.496 e. The highest BCUT2D eigenvalue weighted by atomic mass is 19.1. The smallest absolute Gasteiger partial charge is 0.341 e. The third-order valence-corrected chi connectivity index (χ3v) is 3.52. The van der Waals surface area contributed by atoms with Crippen LogP contribution in [0.2, 0.25) is 0 Å². The molecule has 0 saturated heterocycles. The minimum atomic E-state index is -1.49. The molecular formula is C19H20FNO6. The number of rotatable bonds is 5. The van der Waals surface area contributed by atoms with Gasteiger partial charge in [0.1, 0.15) is 29.3 Å². The van der Waals surface area contributed by atoms with Gasteiger partial charge in [0.25, 0.3) is 5.56 Å². The number of nitrogens with zero attached hydrogens (tertiary/aromatic N) is 1. The number of carboxylic acids is 1. The lowest BCUT2D eigenvalue weighted by Gasteiger charge is -2.20. The molecule has 0 saturated carbocycles. The molecule has 0 unspecified atom stereocenters. The van der Waals surface area contributed by atoms with Crippen molar-refractivity contribution in [2.45, 2.75) is 32.9 Å². The van der Waals surface area contributed by atoms with E-state index in [2.05, 4.69) is 0 Å². The van der Waals surface area contributed by atoms with Crippen molar-refractivity contribution in [1.82, 2.24) is 4.57 Å². The highest BCUT2D eigenvalue weighted by molar-refractivity contribution is 5.89. The Hall–Kier alpha value is -3.16. The van der Waals surface area contributed by atoms with E-state index in [0.29, 0.717) is 0 Å². The highest BCUT2D eigenvalue weighted by Gasteiger charge is 2.21. The largest absolute Gasteiger partial charge is 0.496 e. The average molecular weight is 377 g/mol. The summed E-state index contributed by atoms with van der Waals surface area (Å²) in [5, 5.41) is 9.32. The van der Waals surface area contributed by atoms with Crippen LogP contribution in [0.3, 0.4) is 0 Å². The standard InChI is InChI=1S/C19H20FNO6/c1-19(2,3)27-15(22)10-21-9-11(8-12(17(21)23)18(24)25)16-13(20)6-5-7-14(16)26-4/h5-9H,10H2,1-4H3,(H,24,25). The summed E-state index contributed by atoms with van der Waals surface area (Å²) in [6.07, 6.45) is 1.21. The second kappa shape index (κ2) is 7.61. The van der Waals surface area contributed by atoms with Crippen LogP contribution in [0.5, 0.6) is 5.75 Å². The van der Waals surface area contributed by atoms with Gasteiger partial charge in [0.15, 0.2) is 0 Å². The Morgan fingerprint density at radius 1 is 1.26 bits per heavy atom. The van der Waals surface area contributed by atoms with E-state index in [4.69, 9.17) is 9.47 Å². The van der Waals surface area contributed by atoms with E-state index in [1.807, 2.05) is 0 Å². The Kier molecular flexibility index (Phi) is 5.68. The number of methoxy groups -OCH3 is 1. The SMILES string of the molecule is COc1cccc(F)c1-c1cc(C(=O)O)c(=O)n(CC(=O)OC(C)(C)C)c1. The summed E-state index contributed by atoms with van der Waals surface area (Å²) in [6, 6.07) is 5.17. The first kappa shape index (κ1) is 20.2. The number of hydrogen-bond donors (Lipinski definition) is 1. The van der Waals surface area contributed by atoms with E-state index < -0.39 is 41.0 Å². The molecule has 0 aliphatic carbocycles. The zero-order chi connectivity index (χ0) is 20.4. The van der Waals surface area contributed by atoms with Crippen LogP contribution in [-0.2, 0) is 16.1 Å². The fourth-order valence-corrected chi connectivity index (χ4v) is 2.51. The molecule has 1 aromatic carbocycles. The molecule has 0 amide bonds. The van der Waals surface area contributed by atoms with Gasteiger partial charge in [-0.1, -0.05) is 6.07 Å². The van der Waals surface area contributed by atoms with Crippen LogP contribution in [-0.4, -0.2) is 34.3 Å². The number of carbonyl (C=O) groups excluding carboxylic acids is 1. The van der Waals surface area contributed by atoms with E-state index in [-0.39, 0.29) is 16.9 Å². The van der Waals surface area contributed by atoms with Crippen molar-refractivity contribution < 1.29 is 28.6 Å². The highest BCUT2D eigenvalue weighted by Crippen LogP contribution is 2.32. The maximum Gasteiger partial charge on any atom is 0.341 e. The van der Waals surface area contributed by atoms with Crippen LogP contribution in [0.15, 0.2) is 35.3 Å². The van der Waals surface area contributed by atoms with Crippen LogP contribution in [0.25, 0.3) is 11.1 Å². The number of aromatic carboxylic acids is 1. The van der Waals surface area contributed by atoms with Crippen molar-refractivity contribution in [3.05, 3.63) is 52.2 Å². The number of carboxylic acid groups (broad SMARTS) is 1. The van der Waals surface area contributed by atoms with Crippen molar-refractivity contribution >= 4 is 11.9 Å². The van der Waals surface area contributed by atoms with Crippen LogP contribution >= 0.6 is 0 Å². The molecule has 0 spiro atoms. The lowest BCUT2D eigenvalue weighted by atomic mass is 10.0. The molecule has 144 valence electrons. The molecule has 1 N–H and O–H groups in total. The molecule has 0 fully saturated rings. The zero-order valence-electron chi connectivity index (χ0n) is 15.4. The van der Waals surface area contributed by atoms with E-state index in [1.54, 1.807) is 20.8 Å². The number of benzene rings is 1. The van der Waals surface area contributed by atoms with Gasteiger partial charge in [-0.25, -0.2) is 9.18 Å². The van der Waals surface area contributed by atoms with Gasteiger partial charge >= 0.3 is 11.9 Å². The Bertz CT molecular complexity index is 942. The van der Waals surface area contributed by atoms with Crippen LogP contribution in [0.1, 0.15) is 31.1 Å². The van der Waals surface area contributed by atoms with Crippen molar-refractivity contribution in [2.75, 3.05) is 7.11 Å². The Morgan fingerprint density at radius 3 is 2.48 bits per heavy atom. The van der Waals surface area contributed by atoms with Gasteiger partial charge in [0, 0.05) is 11.8 Å². The maximum absolute atomic E-state index is 14.4. The zero-order valence-corrected chi connectivity index (χ0v) is 15.4. The monoisotopic (exact) mass is 377 g/mol. The normalized spacial score (nSPS) is 11.1. The summed E-state index contributed by atoms with van der Waals surface area (Å²) >= 11 is 0. The quantitative estimate of drug-likeness (QED) is 0.805. The van der Waals surface area contributed by atoms with Gasteiger partial charge in [0.2, 0.25) is 0 Å². The van der Waals surface area contributed by atoms with Gasteiger partial charge < -0.3 is 19.1 Å². The van der Waals surface area contributed by atoms with Gasteiger partial charge in [-0.15, -0.1) is 0 Å². The summed E-state index contributed by atoms with van der Waals surface area (Å²) in [7, 11) is 1.34. The first-order chi connectivity index (χ1) is 12.5. The first-order valence-corrected chi connectivity index (χ1v) is 8.06. The lowest BCUT2D eigenvalue weighted by Crippen LogP contribution is -2.32. The van der Waals surface area contributed by atoms with Crippen LogP contribution in [0.4, 0.5) is 4.39 Å². The summed E-state index contributed by atoms with van der Waals surface area (Å²) < 4.78 is 25.6. The second-order valence-electron chi connectivity index (χ2n) is 6.78. The second-order valence-corrected chi connectivity index (χ2v) is 6.78. The molecule has 0 aliphatic heterocycles. The molecule has 1 heterocycles. The fourth-order valence-electron chi connectivity index (χ4n) is 2.51. The fraction of sp³-hybridized carbons (Fsp3) is 0.316. The molecule has 27 heavy (non-hydrogen) atoms.